The smallest absolute Gasteiger partial charge is 0.404 e. The molecule has 1 aromatic carbocycles. The molecule has 0 aliphatic heterocycles. The number of carboxylic acids is 1. The lowest BCUT2D eigenvalue weighted by molar-refractivity contribution is -0.167. The molecule has 0 saturated carbocycles. The van der Waals surface area contributed by atoms with Crippen LogP contribution in [0, 0.1) is 11.8 Å². The standard InChI is InChI=1S/C21H29F3N2O5/c1-12(2)17(19(28)29)25-15(21(22,23)24)10-16(27)26-18(13(3)4)20(30)31-11-14-8-6-5-7-9-14/h5-9,12-13,15,17-18,25H,10-11H2,1-4H3,(H,26,27)(H,28,29)/t15?,17-,18-/m0/s1. The molecule has 1 rings (SSSR count). The number of nitrogens with one attached hydrogen (secondary N) is 2. The van der Waals surface area contributed by atoms with Gasteiger partial charge in [-0.15, -0.1) is 0 Å². The lowest BCUT2D eigenvalue weighted by atomic mass is 10.0. The quantitative estimate of drug-likeness (QED) is 0.452. The van der Waals surface area contributed by atoms with Crippen molar-refractivity contribution in [3.05, 3.63) is 35.9 Å². The summed E-state index contributed by atoms with van der Waals surface area (Å²) in [5.74, 6) is -4.34. The summed E-state index contributed by atoms with van der Waals surface area (Å²) in [5.41, 5.74) is 0.722. The molecule has 0 fully saturated rings. The number of carboxylic acid groups (broad SMARTS) is 1. The Morgan fingerprint density at radius 2 is 1.55 bits per heavy atom. The van der Waals surface area contributed by atoms with Crippen molar-refractivity contribution in [3.8, 4) is 0 Å². The van der Waals surface area contributed by atoms with Gasteiger partial charge in [0.05, 0.1) is 6.42 Å². The van der Waals surface area contributed by atoms with E-state index in [4.69, 9.17) is 9.84 Å². The molecular weight excluding hydrogens is 417 g/mol. The number of hydrogen-bond acceptors (Lipinski definition) is 5. The van der Waals surface area contributed by atoms with Gasteiger partial charge in [-0.1, -0.05) is 58.0 Å². The van der Waals surface area contributed by atoms with E-state index >= 15 is 0 Å². The fourth-order valence-corrected chi connectivity index (χ4v) is 2.77. The SMILES string of the molecule is CC(C)[C@H](NC(CC(=O)N[C@H](C(=O)OCc1ccccc1)C(C)C)C(F)(F)F)C(=O)O. The Morgan fingerprint density at radius 1 is 1.00 bits per heavy atom. The molecule has 1 unspecified atom stereocenters. The molecule has 0 radical (unpaired) electrons. The first-order valence-corrected chi connectivity index (χ1v) is 9.88. The van der Waals surface area contributed by atoms with Crippen LogP contribution in [0.3, 0.4) is 0 Å². The van der Waals surface area contributed by atoms with Crippen molar-refractivity contribution in [1.82, 2.24) is 10.6 Å². The van der Waals surface area contributed by atoms with Crippen LogP contribution < -0.4 is 10.6 Å². The molecule has 0 spiro atoms. The third-order valence-corrected chi connectivity index (χ3v) is 4.56. The first kappa shape index (κ1) is 26.4. The van der Waals surface area contributed by atoms with E-state index in [0.717, 1.165) is 5.56 Å². The summed E-state index contributed by atoms with van der Waals surface area (Å²) in [7, 11) is 0. The van der Waals surface area contributed by atoms with Crippen molar-refractivity contribution in [1.29, 1.82) is 0 Å². The van der Waals surface area contributed by atoms with Crippen LogP contribution in [0.15, 0.2) is 30.3 Å². The highest BCUT2D eigenvalue weighted by molar-refractivity contribution is 5.85. The van der Waals surface area contributed by atoms with Crippen molar-refractivity contribution in [2.24, 2.45) is 11.8 Å². The van der Waals surface area contributed by atoms with Crippen LogP contribution in [-0.2, 0) is 25.7 Å². The van der Waals surface area contributed by atoms with Crippen LogP contribution >= 0.6 is 0 Å². The number of aliphatic carboxylic acids is 1. The van der Waals surface area contributed by atoms with E-state index in [1.54, 1.807) is 44.2 Å². The Labute approximate surface area is 179 Å². The first-order chi connectivity index (χ1) is 14.3. The third-order valence-electron chi connectivity index (χ3n) is 4.56. The molecule has 10 heteroatoms. The van der Waals surface area contributed by atoms with Crippen LogP contribution in [0.1, 0.15) is 39.7 Å². The van der Waals surface area contributed by atoms with E-state index in [0.29, 0.717) is 0 Å². The minimum atomic E-state index is -4.86. The van der Waals surface area contributed by atoms with Gasteiger partial charge < -0.3 is 15.2 Å². The van der Waals surface area contributed by atoms with Crippen LogP contribution in [-0.4, -0.2) is 47.3 Å². The van der Waals surface area contributed by atoms with Crippen molar-refractivity contribution in [2.75, 3.05) is 0 Å². The number of halogens is 3. The number of benzene rings is 1. The summed E-state index contributed by atoms with van der Waals surface area (Å²) in [6.07, 6.45) is -5.93. The summed E-state index contributed by atoms with van der Waals surface area (Å²) >= 11 is 0. The van der Waals surface area contributed by atoms with Gasteiger partial charge in [0.2, 0.25) is 5.91 Å². The number of alkyl halides is 3. The van der Waals surface area contributed by atoms with Gasteiger partial charge in [-0.3, -0.25) is 14.9 Å². The molecule has 0 heterocycles. The average molecular weight is 446 g/mol. The highest BCUT2D eigenvalue weighted by Gasteiger charge is 2.44. The molecule has 3 atom stereocenters. The lowest BCUT2D eigenvalue weighted by Crippen LogP contribution is -2.55. The van der Waals surface area contributed by atoms with Crippen LogP contribution in [0.25, 0.3) is 0 Å². The summed E-state index contributed by atoms with van der Waals surface area (Å²) in [4.78, 5) is 35.9. The number of rotatable bonds is 11. The van der Waals surface area contributed by atoms with Crippen molar-refractivity contribution in [3.63, 3.8) is 0 Å². The maximum absolute atomic E-state index is 13.4. The zero-order valence-corrected chi connectivity index (χ0v) is 17.9. The Balaban J connectivity index is 2.81. The molecule has 0 aliphatic rings. The molecule has 1 aromatic rings. The molecule has 0 saturated heterocycles. The normalized spacial score (nSPS) is 14.7. The number of carbonyl (C=O) groups excluding carboxylic acids is 2. The van der Waals surface area contributed by atoms with E-state index in [9.17, 15) is 27.6 Å². The fourth-order valence-electron chi connectivity index (χ4n) is 2.77. The Morgan fingerprint density at radius 3 is 2.00 bits per heavy atom. The van der Waals surface area contributed by atoms with Gasteiger partial charge in [0.25, 0.3) is 0 Å². The zero-order chi connectivity index (χ0) is 23.8. The monoisotopic (exact) mass is 446 g/mol. The van der Waals surface area contributed by atoms with E-state index in [2.05, 4.69) is 5.32 Å². The van der Waals surface area contributed by atoms with Crippen molar-refractivity contribution >= 4 is 17.8 Å². The average Bonchev–Trinajstić information content (AvgIpc) is 2.66. The van der Waals surface area contributed by atoms with Crippen LogP contribution in [0.2, 0.25) is 0 Å². The molecule has 7 nitrogen and oxygen atoms in total. The maximum Gasteiger partial charge on any atom is 0.404 e. The predicted molar refractivity (Wildman–Crippen MR) is 107 cm³/mol. The largest absolute Gasteiger partial charge is 0.480 e. The molecule has 0 bridgehead atoms. The zero-order valence-electron chi connectivity index (χ0n) is 17.9. The van der Waals surface area contributed by atoms with Crippen LogP contribution in [0.4, 0.5) is 13.2 Å². The second-order valence-corrected chi connectivity index (χ2v) is 7.91. The number of hydrogen-bond donors (Lipinski definition) is 3. The summed E-state index contributed by atoms with van der Waals surface area (Å²) in [6.45, 7) is 6.11. The number of esters is 1. The lowest BCUT2D eigenvalue weighted by Gasteiger charge is -2.28. The van der Waals surface area contributed by atoms with Gasteiger partial charge >= 0.3 is 18.1 Å². The molecule has 0 aliphatic carbocycles. The van der Waals surface area contributed by atoms with E-state index in [1.807, 2.05) is 5.32 Å². The summed E-state index contributed by atoms with van der Waals surface area (Å²) in [6, 6.07) is 3.77. The van der Waals surface area contributed by atoms with Gasteiger partial charge in [-0.25, -0.2) is 4.79 Å². The summed E-state index contributed by atoms with van der Waals surface area (Å²) in [5, 5.41) is 13.4. The number of ether oxygens (including phenoxy) is 1. The molecular formula is C21H29F3N2O5. The Bertz CT molecular complexity index is 738. The molecule has 1 amide bonds. The van der Waals surface area contributed by atoms with E-state index < -0.39 is 60.4 Å². The maximum atomic E-state index is 13.4. The van der Waals surface area contributed by atoms with Crippen molar-refractivity contribution in [2.45, 2.75) is 65.0 Å². The molecule has 31 heavy (non-hydrogen) atoms. The van der Waals surface area contributed by atoms with Gasteiger partial charge in [0, 0.05) is 0 Å². The second-order valence-electron chi connectivity index (χ2n) is 7.91. The second kappa shape index (κ2) is 11.7. The van der Waals surface area contributed by atoms with Crippen LogP contribution in [0.5, 0.6) is 0 Å². The number of carbonyl (C=O) groups is 3. The van der Waals surface area contributed by atoms with Gasteiger partial charge in [-0.05, 0) is 17.4 Å². The van der Waals surface area contributed by atoms with Gasteiger partial charge in [0.1, 0.15) is 24.7 Å². The predicted octanol–water partition coefficient (Wildman–Crippen LogP) is 2.89. The highest BCUT2D eigenvalue weighted by atomic mass is 19.4. The molecule has 0 aromatic heterocycles. The summed E-state index contributed by atoms with van der Waals surface area (Å²) < 4.78 is 45.4. The molecule has 174 valence electrons. The molecule has 3 N–H and O–H groups in total. The fraction of sp³-hybridized carbons (Fsp3) is 0.571. The topological polar surface area (TPSA) is 105 Å². The van der Waals surface area contributed by atoms with E-state index in [1.165, 1.54) is 13.8 Å². The van der Waals surface area contributed by atoms with Crippen molar-refractivity contribution < 1.29 is 37.4 Å². The minimum absolute atomic E-state index is 0.0415. The van der Waals surface area contributed by atoms with Gasteiger partial charge in [-0.2, -0.15) is 13.2 Å². The van der Waals surface area contributed by atoms with E-state index in [-0.39, 0.29) is 6.61 Å². The highest BCUT2D eigenvalue weighted by Crippen LogP contribution is 2.24. The third kappa shape index (κ3) is 8.95. The first-order valence-electron chi connectivity index (χ1n) is 9.88. The Kier molecular flexibility index (Phi) is 9.96. The number of amides is 1. The van der Waals surface area contributed by atoms with Gasteiger partial charge in [0.15, 0.2) is 0 Å². The minimum Gasteiger partial charge on any atom is -0.480 e. The Hall–Kier alpha value is -2.62.